The van der Waals surface area contributed by atoms with Gasteiger partial charge in [-0.05, 0) is 42.8 Å². The molecule has 0 saturated carbocycles. The third-order valence-electron chi connectivity index (χ3n) is 3.12. The monoisotopic (exact) mass is 327 g/mol. The first kappa shape index (κ1) is 16.4. The van der Waals surface area contributed by atoms with Crippen LogP contribution in [0.5, 0.6) is 5.75 Å². The second-order valence-corrected chi connectivity index (χ2v) is 6.37. The highest BCUT2D eigenvalue weighted by molar-refractivity contribution is 7.89. The molecule has 0 heterocycles. The molecule has 0 saturated heterocycles. The number of hydrogen-bond donors (Lipinski definition) is 1. The van der Waals surface area contributed by atoms with Gasteiger partial charge in [0.15, 0.2) is 0 Å². The van der Waals surface area contributed by atoms with Crippen molar-refractivity contribution in [3.8, 4) is 5.75 Å². The lowest BCUT2D eigenvalue weighted by atomic mass is 10.1. The lowest BCUT2D eigenvalue weighted by molar-refractivity contribution is 0.400. The summed E-state index contributed by atoms with van der Waals surface area (Å²) < 4.78 is 58.4. The number of sulfonamides is 1. The summed E-state index contributed by atoms with van der Waals surface area (Å²) in [6.07, 6.45) is 0. The van der Waals surface area contributed by atoms with Crippen molar-refractivity contribution in [2.24, 2.45) is 0 Å². The number of benzene rings is 2. The summed E-state index contributed by atoms with van der Waals surface area (Å²) in [6, 6.07) is 8.06. The van der Waals surface area contributed by atoms with Gasteiger partial charge in [0.05, 0.1) is 7.11 Å². The summed E-state index contributed by atoms with van der Waals surface area (Å²) in [5.74, 6) is -1.05. The van der Waals surface area contributed by atoms with E-state index in [1.807, 2.05) is 0 Å². The fraction of sp³-hybridized carbons (Fsp3) is 0.200. The molecule has 0 radical (unpaired) electrons. The van der Waals surface area contributed by atoms with E-state index in [9.17, 15) is 17.2 Å². The van der Waals surface area contributed by atoms with Crippen LogP contribution in [0.15, 0.2) is 47.4 Å². The highest BCUT2D eigenvalue weighted by Crippen LogP contribution is 2.26. The van der Waals surface area contributed by atoms with E-state index in [-0.39, 0.29) is 10.6 Å². The van der Waals surface area contributed by atoms with Gasteiger partial charge in [0, 0.05) is 6.04 Å². The van der Waals surface area contributed by atoms with Crippen LogP contribution in [0.2, 0.25) is 0 Å². The Hall–Kier alpha value is -1.99. The van der Waals surface area contributed by atoms with E-state index in [4.69, 9.17) is 4.74 Å². The summed E-state index contributed by atoms with van der Waals surface area (Å²) in [5.41, 5.74) is 0.584. The molecule has 1 unspecified atom stereocenters. The zero-order valence-corrected chi connectivity index (χ0v) is 12.8. The maximum absolute atomic E-state index is 13.3. The second-order valence-electron chi connectivity index (χ2n) is 4.69. The Balaban J connectivity index is 2.31. The van der Waals surface area contributed by atoms with Gasteiger partial charge in [0.25, 0.3) is 0 Å². The zero-order valence-electron chi connectivity index (χ0n) is 12.0. The van der Waals surface area contributed by atoms with Crippen LogP contribution in [0.4, 0.5) is 8.78 Å². The molecule has 0 spiro atoms. The number of methoxy groups -OCH3 is 1. The molecule has 118 valence electrons. The number of halogens is 2. The third-order valence-corrected chi connectivity index (χ3v) is 4.68. The minimum Gasteiger partial charge on any atom is -0.495 e. The van der Waals surface area contributed by atoms with Gasteiger partial charge in [0.1, 0.15) is 22.3 Å². The Morgan fingerprint density at radius 1 is 1.05 bits per heavy atom. The summed E-state index contributed by atoms with van der Waals surface area (Å²) in [5, 5.41) is 0. The van der Waals surface area contributed by atoms with Crippen molar-refractivity contribution in [2.75, 3.05) is 7.11 Å². The average molecular weight is 327 g/mol. The lowest BCUT2D eigenvalue weighted by Gasteiger charge is -2.16. The van der Waals surface area contributed by atoms with Gasteiger partial charge < -0.3 is 4.74 Å². The maximum Gasteiger partial charge on any atom is 0.244 e. The largest absolute Gasteiger partial charge is 0.495 e. The molecule has 0 aliphatic carbocycles. The second kappa shape index (κ2) is 6.41. The fourth-order valence-corrected chi connectivity index (χ4v) is 3.39. The van der Waals surface area contributed by atoms with E-state index in [1.54, 1.807) is 6.92 Å². The van der Waals surface area contributed by atoms with Crippen LogP contribution in [0.3, 0.4) is 0 Å². The van der Waals surface area contributed by atoms with Crippen molar-refractivity contribution in [2.45, 2.75) is 17.9 Å². The van der Waals surface area contributed by atoms with E-state index >= 15 is 0 Å². The molecule has 0 amide bonds. The number of nitrogens with one attached hydrogen (secondary N) is 1. The lowest BCUT2D eigenvalue weighted by Crippen LogP contribution is -2.27. The molecule has 4 nitrogen and oxygen atoms in total. The van der Waals surface area contributed by atoms with Gasteiger partial charge in [0.2, 0.25) is 10.0 Å². The van der Waals surface area contributed by atoms with E-state index in [0.717, 1.165) is 12.1 Å². The number of ether oxygens (including phenoxy) is 1. The predicted molar refractivity (Wildman–Crippen MR) is 78.1 cm³/mol. The van der Waals surface area contributed by atoms with Crippen molar-refractivity contribution in [3.05, 3.63) is 59.7 Å². The molecule has 1 atom stereocenters. The molecular weight excluding hydrogens is 312 g/mol. The summed E-state index contributed by atoms with van der Waals surface area (Å²) in [6.45, 7) is 1.61. The molecule has 0 aliphatic rings. The first-order valence-corrected chi connectivity index (χ1v) is 7.93. The molecule has 0 fully saturated rings. The molecular formula is C15H15F2NO3S. The van der Waals surface area contributed by atoms with Gasteiger partial charge in [-0.15, -0.1) is 0 Å². The molecule has 7 heteroatoms. The summed E-state index contributed by atoms with van der Waals surface area (Å²) in [4.78, 5) is -0.288. The smallest absolute Gasteiger partial charge is 0.244 e. The highest BCUT2D eigenvalue weighted by atomic mass is 32.2. The highest BCUT2D eigenvalue weighted by Gasteiger charge is 2.23. The number of rotatable bonds is 5. The first-order valence-electron chi connectivity index (χ1n) is 6.45. The van der Waals surface area contributed by atoms with Crippen LogP contribution in [0, 0.1) is 11.6 Å². The zero-order chi connectivity index (χ0) is 16.3. The first-order chi connectivity index (χ1) is 10.3. The van der Waals surface area contributed by atoms with E-state index in [0.29, 0.717) is 5.56 Å². The maximum atomic E-state index is 13.3. The molecule has 0 bridgehead atoms. The summed E-state index contributed by atoms with van der Waals surface area (Å²) >= 11 is 0. The van der Waals surface area contributed by atoms with Gasteiger partial charge in [-0.25, -0.2) is 21.9 Å². The molecule has 1 N–H and O–H groups in total. The van der Waals surface area contributed by atoms with Crippen LogP contribution < -0.4 is 9.46 Å². The topological polar surface area (TPSA) is 55.4 Å². The Labute approximate surface area is 127 Å². The molecule has 0 aromatic heterocycles. The van der Waals surface area contributed by atoms with E-state index in [2.05, 4.69) is 4.72 Å². The van der Waals surface area contributed by atoms with Crippen LogP contribution >= 0.6 is 0 Å². The van der Waals surface area contributed by atoms with Crippen molar-refractivity contribution in [1.82, 2.24) is 4.72 Å². The van der Waals surface area contributed by atoms with E-state index < -0.39 is 27.7 Å². The Morgan fingerprint density at radius 3 is 2.23 bits per heavy atom. The Morgan fingerprint density at radius 2 is 1.64 bits per heavy atom. The van der Waals surface area contributed by atoms with Gasteiger partial charge >= 0.3 is 0 Å². The van der Waals surface area contributed by atoms with Crippen LogP contribution in [0.1, 0.15) is 18.5 Å². The molecule has 22 heavy (non-hydrogen) atoms. The standard InChI is InChI=1S/C15H15F2NO3S/c1-10(11-3-5-12(16)6-4-11)18-22(19,20)15-9-13(17)7-8-14(15)21-2/h3-10,18H,1-2H3. The minimum absolute atomic E-state index is 0.0419. The Kier molecular flexibility index (Phi) is 4.77. The minimum atomic E-state index is -3.99. The number of hydrogen-bond acceptors (Lipinski definition) is 3. The molecule has 2 aromatic rings. The van der Waals surface area contributed by atoms with Crippen LogP contribution in [-0.4, -0.2) is 15.5 Å². The van der Waals surface area contributed by atoms with Crippen molar-refractivity contribution >= 4 is 10.0 Å². The van der Waals surface area contributed by atoms with E-state index in [1.165, 1.54) is 37.4 Å². The third kappa shape index (κ3) is 3.61. The van der Waals surface area contributed by atoms with Crippen molar-refractivity contribution < 1.29 is 21.9 Å². The Bertz CT molecular complexity index is 761. The van der Waals surface area contributed by atoms with Crippen LogP contribution in [-0.2, 0) is 10.0 Å². The van der Waals surface area contributed by atoms with Gasteiger partial charge in [-0.1, -0.05) is 12.1 Å². The fourth-order valence-electron chi connectivity index (χ4n) is 1.98. The molecule has 2 rings (SSSR count). The normalized spacial score (nSPS) is 12.9. The van der Waals surface area contributed by atoms with Crippen molar-refractivity contribution in [3.63, 3.8) is 0 Å². The summed E-state index contributed by atoms with van der Waals surface area (Å²) in [7, 11) is -2.69. The molecule has 2 aromatic carbocycles. The predicted octanol–water partition coefficient (Wildman–Crippen LogP) is 3.01. The average Bonchev–Trinajstić information content (AvgIpc) is 2.47. The molecule has 0 aliphatic heterocycles. The van der Waals surface area contributed by atoms with Crippen molar-refractivity contribution in [1.29, 1.82) is 0 Å². The van der Waals surface area contributed by atoms with Gasteiger partial charge in [-0.3, -0.25) is 0 Å². The quantitative estimate of drug-likeness (QED) is 0.918. The van der Waals surface area contributed by atoms with Gasteiger partial charge in [-0.2, -0.15) is 0 Å². The SMILES string of the molecule is COc1ccc(F)cc1S(=O)(=O)NC(C)c1ccc(F)cc1. The van der Waals surface area contributed by atoms with Crippen LogP contribution in [0.25, 0.3) is 0 Å².